The number of methoxy groups -OCH3 is 2. The van der Waals surface area contributed by atoms with Crippen LogP contribution >= 0.6 is 0 Å². The minimum atomic E-state index is -0.118. The van der Waals surface area contributed by atoms with Gasteiger partial charge in [0.05, 0.1) is 14.2 Å². The lowest BCUT2D eigenvalue weighted by Crippen LogP contribution is -2.34. The molecule has 2 rings (SSSR count). The highest BCUT2D eigenvalue weighted by atomic mass is 16.5. The summed E-state index contributed by atoms with van der Waals surface area (Å²) >= 11 is 0. The van der Waals surface area contributed by atoms with Crippen LogP contribution in [0.3, 0.4) is 0 Å². The Kier molecular flexibility index (Phi) is 8.07. The van der Waals surface area contributed by atoms with Crippen LogP contribution in [0.1, 0.15) is 44.2 Å². The maximum Gasteiger partial charge on any atom is 0.223 e. The predicted molar refractivity (Wildman–Crippen MR) is 115 cm³/mol. The van der Waals surface area contributed by atoms with Crippen LogP contribution in [-0.2, 0) is 16.1 Å². The number of carbonyl (C=O) groups is 2. The van der Waals surface area contributed by atoms with Gasteiger partial charge in [0.1, 0.15) is 0 Å². The molecular weight excluding hydrogens is 368 g/mol. The van der Waals surface area contributed by atoms with Gasteiger partial charge in [-0.2, -0.15) is 0 Å². The Hall–Kier alpha value is -3.02. The van der Waals surface area contributed by atoms with E-state index in [1.54, 1.807) is 25.2 Å². The molecule has 0 saturated carbocycles. The molecule has 29 heavy (non-hydrogen) atoms. The van der Waals surface area contributed by atoms with Crippen LogP contribution in [0.4, 0.5) is 5.69 Å². The third kappa shape index (κ3) is 5.98. The van der Waals surface area contributed by atoms with Crippen molar-refractivity contribution in [2.75, 3.05) is 25.7 Å². The largest absolute Gasteiger partial charge is 0.493 e. The fourth-order valence-corrected chi connectivity index (χ4v) is 3.16. The van der Waals surface area contributed by atoms with E-state index in [1.807, 2.05) is 36.4 Å². The topological polar surface area (TPSA) is 67.9 Å². The molecule has 0 aliphatic carbocycles. The number of amides is 2. The van der Waals surface area contributed by atoms with Crippen LogP contribution in [0.15, 0.2) is 42.5 Å². The summed E-state index contributed by atoms with van der Waals surface area (Å²) in [6.45, 7) is 6.41. The molecule has 0 aliphatic heterocycles. The molecule has 2 aromatic carbocycles. The minimum Gasteiger partial charge on any atom is -0.493 e. The highest BCUT2D eigenvalue weighted by molar-refractivity contribution is 5.93. The monoisotopic (exact) mass is 398 g/mol. The van der Waals surface area contributed by atoms with Gasteiger partial charge in [0.15, 0.2) is 11.5 Å². The fourth-order valence-electron chi connectivity index (χ4n) is 3.16. The molecule has 156 valence electrons. The molecule has 0 aliphatic rings. The maximum atomic E-state index is 12.4. The molecule has 2 amide bonds. The Morgan fingerprint density at radius 3 is 2.34 bits per heavy atom. The van der Waals surface area contributed by atoms with Crippen LogP contribution in [0, 0.1) is 0 Å². The SMILES string of the molecule is COc1ccc(CNC(=O)CCN(C(C)=O)c2ccccc2C(C)C)cc1OC. The summed E-state index contributed by atoms with van der Waals surface area (Å²) in [5.41, 5.74) is 2.86. The zero-order valence-corrected chi connectivity index (χ0v) is 17.8. The molecule has 1 N–H and O–H groups in total. The number of rotatable bonds is 9. The normalized spacial score (nSPS) is 10.6. The number of anilines is 1. The first-order chi connectivity index (χ1) is 13.9. The van der Waals surface area contributed by atoms with Crippen molar-refractivity contribution in [1.29, 1.82) is 0 Å². The number of hydrogen-bond acceptors (Lipinski definition) is 4. The lowest BCUT2D eigenvalue weighted by atomic mass is 10.0. The van der Waals surface area contributed by atoms with Crippen molar-refractivity contribution in [1.82, 2.24) is 5.32 Å². The molecule has 6 nitrogen and oxygen atoms in total. The summed E-state index contributed by atoms with van der Waals surface area (Å²) in [6, 6.07) is 13.3. The second-order valence-electron chi connectivity index (χ2n) is 7.10. The van der Waals surface area contributed by atoms with E-state index in [1.165, 1.54) is 6.92 Å². The van der Waals surface area contributed by atoms with Gasteiger partial charge < -0.3 is 19.7 Å². The first kappa shape index (κ1) is 22.3. The second-order valence-corrected chi connectivity index (χ2v) is 7.10. The van der Waals surface area contributed by atoms with E-state index in [0.29, 0.717) is 24.6 Å². The van der Waals surface area contributed by atoms with Gasteiger partial charge in [0.2, 0.25) is 11.8 Å². The summed E-state index contributed by atoms with van der Waals surface area (Å²) in [5.74, 6) is 1.35. The predicted octanol–water partition coefficient (Wildman–Crippen LogP) is 3.89. The number of ether oxygens (including phenoxy) is 2. The lowest BCUT2D eigenvalue weighted by Gasteiger charge is -2.25. The summed E-state index contributed by atoms with van der Waals surface area (Å²) in [6.07, 6.45) is 0.222. The quantitative estimate of drug-likeness (QED) is 0.696. The highest BCUT2D eigenvalue weighted by Crippen LogP contribution is 2.28. The molecule has 0 saturated heterocycles. The van der Waals surface area contributed by atoms with Gasteiger partial charge in [-0.1, -0.05) is 38.1 Å². The van der Waals surface area contributed by atoms with Crippen LogP contribution in [-0.4, -0.2) is 32.6 Å². The molecule has 0 atom stereocenters. The van der Waals surface area contributed by atoms with Crippen molar-refractivity contribution < 1.29 is 19.1 Å². The Labute approximate surface area is 172 Å². The molecule has 6 heteroatoms. The van der Waals surface area contributed by atoms with Gasteiger partial charge >= 0.3 is 0 Å². The number of nitrogens with one attached hydrogen (secondary N) is 1. The van der Waals surface area contributed by atoms with E-state index in [9.17, 15) is 9.59 Å². The lowest BCUT2D eigenvalue weighted by molar-refractivity contribution is -0.121. The third-order valence-corrected chi connectivity index (χ3v) is 4.73. The van der Waals surface area contributed by atoms with E-state index >= 15 is 0 Å². The van der Waals surface area contributed by atoms with Crippen molar-refractivity contribution in [2.24, 2.45) is 0 Å². The van der Waals surface area contributed by atoms with Gasteiger partial charge in [-0.3, -0.25) is 9.59 Å². The molecule has 0 heterocycles. The number of benzene rings is 2. The molecule has 0 bridgehead atoms. The van der Waals surface area contributed by atoms with E-state index in [-0.39, 0.29) is 24.2 Å². The van der Waals surface area contributed by atoms with Crippen LogP contribution in [0.5, 0.6) is 11.5 Å². The zero-order valence-electron chi connectivity index (χ0n) is 17.8. The summed E-state index contributed by atoms with van der Waals surface area (Å²) in [4.78, 5) is 26.2. The molecule has 2 aromatic rings. The third-order valence-electron chi connectivity index (χ3n) is 4.73. The Morgan fingerprint density at radius 1 is 1.03 bits per heavy atom. The Morgan fingerprint density at radius 2 is 1.72 bits per heavy atom. The average molecular weight is 399 g/mol. The number of para-hydroxylation sites is 1. The van der Waals surface area contributed by atoms with Crippen molar-refractivity contribution in [3.05, 3.63) is 53.6 Å². The van der Waals surface area contributed by atoms with Gasteiger partial charge in [-0.05, 0) is 35.2 Å². The second kappa shape index (κ2) is 10.5. The average Bonchev–Trinajstić information content (AvgIpc) is 2.72. The van der Waals surface area contributed by atoms with Crippen molar-refractivity contribution >= 4 is 17.5 Å². The molecule has 0 spiro atoms. The molecule has 0 aromatic heterocycles. The number of carbonyl (C=O) groups excluding carboxylic acids is 2. The standard InChI is InChI=1S/C23H30N2O4/c1-16(2)19-8-6-7-9-20(19)25(17(3)26)13-12-23(27)24-15-18-10-11-21(28-4)22(14-18)29-5/h6-11,14,16H,12-13,15H2,1-5H3,(H,24,27). The van der Waals surface area contributed by atoms with Gasteiger partial charge in [-0.25, -0.2) is 0 Å². The molecule has 0 fully saturated rings. The van der Waals surface area contributed by atoms with E-state index in [2.05, 4.69) is 19.2 Å². The van der Waals surface area contributed by atoms with Crippen LogP contribution in [0.2, 0.25) is 0 Å². The van der Waals surface area contributed by atoms with E-state index in [0.717, 1.165) is 16.8 Å². The van der Waals surface area contributed by atoms with Crippen molar-refractivity contribution in [2.45, 2.75) is 39.7 Å². The van der Waals surface area contributed by atoms with Gasteiger partial charge in [0, 0.05) is 32.1 Å². The molecule has 0 unspecified atom stereocenters. The first-order valence-electron chi connectivity index (χ1n) is 9.72. The first-order valence-corrected chi connectivity index (χ1v) is 9.72. The van der Waals surface area contributed by atoms with E-state index in [4.69, 9.17) is 9.47 Å². The van der Waals surface area contributed by atoms with E-state index < -0.39 is 0 Å². The van der Waals surface area contributed by atoms with Gasteiger partial charge in [0.25, 0.3) is 0 Å². The molecule has 0 radical (unpaired) electrons. The number of hydrogen-bond donors (Lipinski definition) is 1. The van der Waals surface area contributed by atoms with Crippen LogP contribution in [0.25, 0.3) is 0 Å². The van der Waals surface area contributed by atoms with Crippen molar-refractivity contribution in [3.8, 4) is 11.5 Å². The van der Waals surface area contributed by atoms with Gasteiger partial charge in [-0.15, -0.1) is 0 Å². The highest BCUT2D eigenvalue weighted by Gasteiger charge is 2.18. The zero-order chi connectivity index (χ0) is 21.4. The molecular formula is C23H30N2O4. The minimum absolute atomic E-state index is 0.0780. The summed E-state index contributed by atoms with van der Waals surface area (Å²) in [7, 11) is 3.16. The number of nitrogens with zero attached hydrogens (tertiary/aromatic N) is 1. The summed E-state index contributed by atoms with van der Waals surface area (Å²) in [5, 5.41) is 2.90. The Balaban J connectivity index is 1.99. The van der Waals surface area contributed by atoms with Crippen LogP contribution < -0.4 is 19.7 Å². The van der Waals surface area contributed by atoms with Crippen molar-refractivity contribution in [3.63, 3.8) is 0 Å². The fraction of sp³-hybridized carbons (Fsp3) is 0.391. The smallest absolute Gasteiger partial charge is 0.223 e. The summed E-state index contributed by atoms with van der Waals surface area (Å²) < 4.78 is 10.5. The Bertz CT molecular complexity index is 849. The maximum absolute atomic E-state index is 12.4.